The minimum Gasteiger partial charge on any atom is -0.497 e. The van der Waals surface area contributed by atoms with E-state index in [4.69, 9.17) is 10.5 Å². The molecule has 2 rings (SSSR count). The molecule has 0 unspecified atom stereocenters. The third kappa shape index (κ3) is 2.22. The number of rotatable bonds is 4. The van der Waals surface area contributed by atoms with Crippen LogP contribution in [0.1, 0.15) is 23.7 Å². The number of ketones is 1. The summed E-state index contributed by atoms with van der Waals surface area (Å²) >= 11 is 0. The van der Waals surface area contributed by atoms with E-state index >= 15 is 0 Å². The second kappa shape index (κ2) is 4.96. The number of ether oxygens (including phenoxy) is 1. The first kappa shape index (κ1) is 12.2. The Morgan fingerprint density at radius 1 is 1.39 bits per heavy atom. The summed E-state index contributed by atoms with van der Waals surface area (Å²) in [7, 11) is 1.62. The first-order chi connectivity index (χ1) is 8.65. The Balaban J connectivity index is 2.42. The molecule has 0 saturated heterocycles. The highest BCUT2D eigenvalue weighted by Gasteiger charge is 2.12. The van der Waals surface area contributed by atoms with Gasteiger partial charge in [-0.25, -0.2) is 0 Å². The van der Waals surface area contributed by atoms with Crippen LogP contribution in [-0.4, -0.2) is 17.9 Å². The summed E-state index contributed by atoms with van der Waals surface area (Å²) in [5.74, 6) is 1.22. The van der Waals surface area contributed by atoms with Gasteiger partial charge in [0.2, 0.25) is 0 Å². The molecule has 2 aromatic rings. The van der Waals surface area contributed by atoms with E-state index in [0.29, 0.717) is 17.8 Å². The fourth-order valence-corrected chi connectivity index (χ4v) is 1.84. The van der Waals surface area contributed by atoms with E-state index in [9.17, 15) is 4.79 Å². The topological polar surface area (TPSA) is 68.1 Å². The van der Waals surface area contributed by atoms with Crippen LogP contribution in [0.25, 0.3) is 11.3 Å². The summed E-state index contributed by atoms with van der Waals surface area (Å²) < 4.78 is 5.17. The van der Waals surface area contributed by atoms with Crippen LogP contribution in [0, 0.1) is 0 Å². The van der Waals surface area contributed by atoms with Gasteiger partial charge in [0.15, 0.2) is 5.78 Å². The highest BCUT2D eigenvalue weighted by molar-refractivity contribution is 6.01. The summed E-state index contributed by atoms with van der Waals surface area (Å²) in [6, 6.07) is 9.38. The van der Waals surface area contributed by atoms with Crippen LogP contribution in [0.3, 0.4) is 0 Å². The van der Waals surface area contributed by atoms with Crippen LogP contribution in [0.15, 0.2) is 30.3 Å². The smallest absolute Gasteiger partial charge is 0.166 e. The number of hydrogen-bond donors (Lipinski definition) is 2. The lowest BCUT2D eigenvalue weighted by Gasteiger charge is -2.02. The van der Waals surface area contributed by atoms with Gasteiger partial charge in [0.1, 0.15) is 11.6 Å². The number of nitrogens with two attached hydrogens (primary N) is 1. The van der Waals surface area contributed by atoms with E-state index in [-0.39, 0.29) is 5.78 Å². The highest BCUT2D eigenvalue weighted by atomic mass is 16.5. The SMILES string of the molecule is CCC(=O)c1cc(-c2cccc(OC)c2)[nH]c1N. The molecule has 0 saturated carbocycles. The Morgan fingerprint density at radius 3 is 2.83 bits per heavy atom. The maximum Gasteiger partial charge on any atom is 0.166 e. The molecule has 18 heavy (non-hydrogen) atoms. The Bertz CT molecular complexity index is 573. The maximum absolute atomic E-state index is 11.7. The average molecular weight is 244 g/mol. The zero-order chi connectivity index (χ0) is 13.1. The number of hydrogen-bond acceptors (Lipinski definition) is 3. The first-order valence-corrected chi connectivity index (χ1v) is 5.81. The molecule has 0 radical (unpaired) electrons. The van der Waals surface area contributed by atoms with Crippen molar-refractivity contribution in [1.29, 1.82) is 0 Å². The van der Waals surface area contributed by atoms with Gasteiger partial charge in [-0.1, -0.05) is 19.1 Å². The lowest BCUT2D eigenvalue weighted by molar-refractivity contribution is 0.0989. The van der Waals surface area contributed by atoms with Crippen LogP contribution >= 0.6 is 0 Å². The zero-order valence-corrected chi connectivity index (χ0v) is 10.5. The van der Waals surface area contributed by atoms with Gasteiger partial charge in [-0.2, -0.15) is 0 Å². The van der Waals surface area contributed by atoms with E-state index in [2.05, 4.69) is 4.98 Å². The largest absolute Gasteiger partial charge is 0.497 e. The van der Waals surface area contributed by atoms with Crippen molar-refractivity contribution in [1.82, 2.24) is 4.98 Å². The summed E-state index contributed by atoms with van der Waals surface area (Å²) in [4.78, 5) is 14.7. The van der Waals surface area contributed by atoms with Crippen LogP contribution in [0.4, 0.5) is 5.82 Å². The van der Waals surface area contributed by atoms with Crippen molar-refractivity contribution in [2.45, 2.75) is 13.3 Å². The predicted octanol–water partition coefficient (Wildman–Crippen LogP) is 2.87. The van der Waals surface area contributed by atoms with Crippen LogP contribution in [0.5, 0.6) is 5.75 Å². The number of nitrogen functional groups attached to an aromatic ring is 1. The van der Waals surface area contributed by atoms with Gasteiger partial charge in [0.05, 0.1) is 12.7 Å². The fraction of sp³-hybridized carbons (Fsp3) is 0.214. The number of aromatic nitrogens is 1. The van der Waals surface area contributed by atoms with Gasteiger partial charge in [0, 0.05) is 17.7 Å². The Hall–Kier alpha value is -2.23. The molecular weight excluding hydrogens is 228 g/mol. The molecule has 4 heteroatoms. The summed E-state index contributed by atoms with van der Waals surface area (Å²) in [6.07, 6.45) is 0.444. The van der Waals surface area contributed by atoms with Crippen LogP contribution in [-0.2, 0) is 0 Å². The summed E-state index contributed by atoms with van der Waals surface area (Å²) in [5, 5.41) is 0. The van der Waals surface area contributed by atoms with Crippen LogP contribution in [0.2, 0.25) is 0 Å². The molecule has 94 valence electrons. The average Bonchev–Trinajstić information content (AvgIpc) is 2.80. The second-order valence-corrected chi connectivity index (χ2v) is 4.02. The number of benzene rings is 1. The molecule has 0 aliphatic carbocycles. The predicted molar refractivity (Wildman–Crippen MR) is 71.8 cm³/mol. The Labute approximate surface area is 106 Å². The molecule has 1 heterocycles. The first-order valence-electron chi connectivity index (χ1n) is 5.81. The molecule has 0 atom stereocenters. The van der Waals surface area contributed by atoms with Crippen molar-refractivity contribution in [3.05, 3.63) is 35.9 Å². The molecule has 0 fully saturated rings. The second-order valence-electron chi connectivity index (χ2n) is 4.02. The van der Waals surface area contributed by atoms with E-state index in [0.717, 1.165) is 17.0 Å². The van der Waals surface area contributed by atoms with Crippen LogP contribution < -0.4 is 10.5 Å². The number of carbonyl (C=O) groups excluding carboxylic acids is 1. The van der Waals surface area contributed by atoms with Gasteiger partial charge in [-0.3, -0.25) is 4.79 Å². The molecule has 0 aliphatic heterocycles. The van der Waals surface area contributed by atoms with Crippen molar-refractivity contribution in [2.24, 2.45) is 0 Å². The quantitative estimate of drug-likeness (QED) is 0.812. The maximum atomic E-state index is 11.7. The standard InChI is InChI=1S/C14H16N2O2/c1-3-13(17)11-8-12(16-14(11)15)9-5-4-6-10(7-9)18-2/h4-8,16H,3,15H2,1-2H3. The van der Waals surface area contributed by atoms with Gasteiger partial charge in [-0.15, -0.1) is 0 Å². The Kier molecular flexibility index (Phi) is 3.37. The normalized spacial score (nSPS) is 10.3. The third-order valence-corrected chi connectivity index (χ3v) is 2.85. The molecule has 0 spiro atoms. The number of nitrogens with one attached hydrogen (secondary N) is 1. The van der Waals surface area contributed by atoms with E-state index in [1.807, 2.05) is 31.2 Å². The zero-order valence-electron chi connectivity index (χ0n) is 10.5. The highest BCUT2D eigenvalue weighted by Crippen LogP contribution is 2.26. The van der Waals surface area contributed by atoms with E-state index in [1.165, 1.54) is 0 Å². The number of H-pyrrole nitrogens is 1. The van der Waals surface area contributed by atoms with Crippen molar-refractivity contribution in [3.63, 3.8) is 0 Å². The molecule has 4 nitrogen and oxygen atoms in total. The minimum atomic E-state index is 0.0397. The van der Waals surface area contributed by atoms with E-state index < -0.39 is 0 Å². The Morgan fingerprint density at radius 2 is 2.17 bits per heavy atom. The van der Waals surface area contributed by atoms with Gasteiger partial charge >= 0.3 is 0 Å². The summed E-state index contributed by atoms with van der Waals surface area (Å²) in [6.45, 7) is 1.82. The van der Waals surface area contributed by atoms with Crippen molar-refractivity contribution in [2.75, 3.05) is 12.8 Å². The molecule has 1 aromatic heterocycles. The number of anilines is 1. The van der Waals surface area contributed by atoms with Gasteiger partial charge in [-0.05, 0) is 18.2 Å². The molecular formula is C14H16N2O2. The van der Waals surface area contributed by atoms with Gasteiger partial charge < -0.3 is 15.5 Å². The van der Waals surface area contributed by atoms with Crippen molar-refractivity contribution in [3.8, 4) is 17.0 Å². The summed E-state index contributed by atoms with van der Waals surface area (Å²) in [5.41, 5.74) is 8.13. The molecule has 0 bridgehead atoms. The molecule has 3 N–H and O–H groups in total. The molecule has 0 aliphatic rings. The third-order valence-electron chi connectivity index (χ3n) is 2.85. The van der Waals surface area contributed by atoms with Crippen molar-refractivity contribution < 1.29 is 9.53 Å². The number of Topliss-reactive ketones (excluding diaryl/α,β-unsaturated/α-hetero) is 1. The number of aromatic amines is 1. The molecule has 1 aromatic carbocycles. The fourth-order valence-electron chi connectivity index (χ4n) is 1.84. The van der Waals surface area contributed by atoms with E-state index in [1.54, 1.807) is 13.2 Å². The molecule has 0 amide bonds. The lowest BCUT2D eigenvalue weighted by atomic mass is 10.1. The number of carbonyl (C=O) groups is 1. The van der Waals surface area contributed by atoms with Crippen molar-refractivity contribution >= 4 is 11.6 Å². The number of methoxy groups -OCH3 is 1. The van der Waals surface area contributed by atoms with Gasteiger partial charge in [0.25, 0.3) is 0 Å². The lowest BCUT2D eigenvalue weighted by Crippen LogP contribution is -1.99. The monoisotopic (exact) mass is 244 g/mol. The minimum absolute atomic E-state index is 0.0397.